The molecule has 1 N–H and O–H groups in total. The molecule has 2 aromatic rings. The average Bonchev–Trinajstić information content (AvgIpc) is 3.19. The Bertz CT molecular complexity index is 592. The molecule has 1 aromatic heterocycles. The number of hydrogen-bond donors (Lipinski definition) is 1. The van der Waals surface area contributed by atoms with Crippen molar-refractivity contribution < 1.29 is 0 Å². The van der Waals surface area contributed by atoms with E-state index in [-0.39, 0.29) is 5.54 Å². The van der Waals surface area contributed by atoms with Gasteiger partial charge in [0.15, 0.2) is 0 Å². The molecule has 2 heterocycles. The number of hydrogen-bond acceptors (Lipinski definition) is 3. The van der Waals surface area contributed by atoms with Crippen LogP contribution in [-0.2, 0) is 5.54 Å². The predicted octanol–water partition coefficient (Wildman–Crippen LogP) is 2.93. The molecule has 0 amide bonds. The topological polar surface area (TPSA) is 33.1 Å². The van der Waals surface area contributed by atoms with Crippen molar-refractivity contribution in [2.45, 2.75) is 32.2 Å². The molecule has 0 bridgehead atoms. The highest BCUT2D eigenvalue weighted by Crippen LogP contribution is 2.25. The third kappa shape index (κ3) is 2.68. The Morgan fingerprint density at radius 2 is 1.67 bits per heavy atom. The Kier molecular flexibility index (Phi) is 3.72. The van der Waals surface area contributed by atoms with E-state index in [9.17, 15) is 0 Å². The summed E-state index contributed by atoms with van der Waals surface area (Å²) in [5.41, 5.74) is 3.54. The van der Waals surface area contributed by atoms with E-state index in [2.05, 4.69) is 57.9 Å². The van der Waals surface area contributed by atoms with Crippen LogP contribution in [0, 0.1) is 0 Å². The zero-order chi connectivity index (χ0) is 14.9. The lowest BCUT2D eigenvalue weighted by Crippen LogP contribution is -2.35. The number of anilines is 1. The van der Waals surface area contributed by atoms with Crippen LogP contribution in [0.5, 0.6) is 0 Å². The summed E-state index contributed by atoms with van der Waals surface area (Å²) in [6.45, 7) is 6.70. The van der Waals surface area contributed by atoms with Crippen LogP contribution in [0.1, 0.15) is 32.4 Å². The lowest BCUT2D eigenvalue weighted by Gasteiger charge is -2.25. The van der Waals surface area contributed by atoms with Crippen LogP contribution in [0.4, 0.5) is 5.69 Å². The van der Waals surface area contributed by atoms with Gasteiger partial charge in [0, 0.05) is 24.5 Å². The van der Waals surface area contributed by atoms with Gasteiger partial charge in [-0.2, -0.15) is 0 Å². The molecule has 0 radical (unpaired) electrons. The molecule has 0 unspecified atom stereocenters. The monoisotopic (exact) mass is 284 g/mol. The normalized spacial score (nSPS) is 15.7. The molecule has 1 saturated heterocycles. The maximum absolute atomic E-state index is 4.33. The van der Waals surface area contributed by atoms with Crippen LogP contribution in [0.15, 0.2) is 36.8 Å². The van der Waals surface area contributed by atoms with Crippen molar-refractivity contribution in [2.24, 2.45) is 0 Å². The first-order valence-electron chi connectivity index (χ1n) is 7.69. The summed E-state index contributed by atoms with van der Waals surface area (Å²) < 4.78 is 2.16. The lowest BCUT2D eigenvalue weighted by atomic mass is 10.0. The van der Waals surface area contributed by atoms with E-state index in [0.29, 0.717) is 0 Å². The van der Waals surface area contributed by atoms with Crippen molar-refractivity contribution in [3.05, 3.63) is 42.5 Å². The standard InChI is InChI=1S/C17H24N4/c1-17(2,18-3)16-12-19-13-21(16)15-8-6-14(7-9-15)20-10-4-5-11-20/h6-9,12-13,18H,4-5,10-11H2,1-3H3. The lowest BCUT2D eigenvalue weighted by molar-refractivity contribution is 0.425. The van der Waals surface area contributed by atoms with Gasteiger partial charge in [-0.05, 0) is 58.0 Å². The minimum Gasteiger partial charge on any atom is -0.372 e. The maximum atomic E-state index is 4.33. The summed E-state index contributed by atoms with van der Waals surface area (Å²) in [7, 11) is 1.98. The fourth-order valence-corrected chi connectivity index (χ4v) is 2.89. The first-order valence-corrected chi connectivity index (χ1v) is 7.69. The minimum atomic E-state index is -0.107. The molecule has 1 fully saturated rings. The molecule has 0 atom stereocenters. The van der Waals surface area contributed by atoms with E-state index in [4.69, 9.17) is 0 Å². The number of nitrogens with zero attached hydrogens (tertiary/aromatic N) is 3. The molecule has 3 rings (SSSR count). The van der Waals surface area contributed by atoms with E-state index in [0.717, 1.165) is 5.69 Å². The summed E-state index contributed by atoms with van der Waals surface area (Å²) in [6, 6.07) is 8.81. The van der Waals surface area contributed by atoms with Crippen molar-refractivity contribution in [3.63, 3.8) is 0 Å². The van der Waals surface area contributed by atoms with Gasteiger partial charge in [0.2, 0.25) is 0 Å². The Morgan fingerprint density at radius 1 is 1.05 bits per heavy atom. The minimum absolute atomic E-state index is 0.107. The van der Waals surface area contributed by atoms with E-state index < -0.39 is 0 Å². The third-order valence-electron chi connectivity index (χ3n) is 4.50. The van der Waals surface area contributed by atoms with Gasteiger partial charge in [-0.1, -0.05) is 0 Å². The van der Waals surface area contributed by atoms with Gasteiger partial charge in [0.1, 0.15) is 0 Å². The zero-order valence-electron chi connectivity index (χ0n) is 13.1. The second kappa shape index (κ2) is 5.53. The van der Waals surface area contributed by atoms with Gasteiger partial charge < -0.3 is 14.8 Å². The average molecular weight is 284 g/mol. The van der Waals surface area contributed by atoms with Gasteiger partial charge in [-0.25, -0.2) is 4.98 Å². The number of imidazole rings is 1. The smallest absolute Gasteiger partial charge is 0.0994 e. The SMILES string of the molecule is CNC(C)(C)c1cncn1-c1ccc(N2CCCC2)cc1. The molecule has 112 valence electrons. The quantitative estimate of drug-likeness (QED) is 0.937. The maximum Gasteiger partial charge on any atom is 0.0994 e. The summed E-state index contributed by atoms with van der Waals surface area (Å²) in [6.07, 6.45) is 6.44. The molecule has 0 spiro atoms. The second-order valence-corrected chi connectivity index (χ2v) is 6.23. The van der Waals surface area contributed by atoms with Crippen LogP contribution < -0.4 is 10.2 Å². The van der Waals surface area contributed by atoms with E-state index >= 15 is 0 Å². The highest BCUT2D eigenvalue weighted by atomic mass is 15.1. The van der Waals surface area contributed by atoms with E-state index in [1.807, 2.05) is 19.6 Å². The van der Waals surface area contributed by atoms with Gasteiger partial charge >= 0.3 is 0 Å². The Balaban J connectivity index is 1.89. The van der Waals surface area contributed by atoms with E-state index in [1.54, 1.807) is 0 Å². The predicted molar refractivity (Wildman–Crippen MR) is 87.1 cm³/mol. The molecule has 0 aliphatic carbocycles. The molecule has 1 aliphatic rings. The molecule has 1 aromatic carbocycles. The summed E-state index contributed by atoms with van der Waals surface area (Å²) in [5.74, 6) is 0. The number of rotatable bonds is 4. The van der Waals surface area contributed by atoms with Gasteiger partial charge in [-0.15, -0.1) is 0 Å². The van der Waals surface area contributed by atoms with Crippen LogP contribution in [0.3, 0.4) is 0 Å². The second-order valence-electron chi connectivity index (χ2n) is 6.23. The van der Waals surface area contributed by atoms with Crippen molar-refractivity contribution in [1.82, 2.24) is 14.9 Å². The van der Waals surface area contributed by atoms with Crippen molar-refractivity contribution in [2.75, 3.05) is 25.0 Å². The van der Waals surface area contributed by atoms with Crippen LogP contribution in [0.25, 0.3) is 5.69 Å². The first-order chi connectivity index (χ1) is 10.1. The summed E-state index contributed by atoms with van der Waals surface area (Å²) in [4.78, 5) is 6.78. The van der Waals surface area contributed by atoms with E-state index in [1.165, 1.54) is 37.3 Å². The number of benzene rings is 1. The molecular formula is C17H24N4. The molecular weight excluding hydrogens is 260 g/mol. The Morgan fingerprint density at radius 3 is 2.29 bits per heavy atom. The molecule has 21 heavy (non-hydrogen) atoms. The summed E-state index contributed by atoms with van der Waals surface area (Å²) in [5, 5.41) is 3.34. The van der Waals surface area contributed by atoms with Gasteiger partial charge in [-0.3, -0.25) is 0 Å². The fraction of sp³-hybridized carbons (Fsp3) is 0.471. The highest BCUT2D eigenvalue weighted by Gasteiger charge is 2.22. The molecule has 4 nitrogen and oxygen atoms in total. The number of nitrogens with one attached hydrogen (secondary N) is 1. The fourth-order valence-electron chi connectivity index (χ4n) is 2.89. The van der Waals surface area contributed by atoms with Crippen LogP contribution in [-0.4, -0.2) is 29.7 Å². The summed E-state index contributed by atoms with van der Waals surface area (Å²) >= 11 is 0. The molecule has 0 saturated carbocycles. The Labute approximate surface area is 126 Å². The highest BCUT2D eigenvalue weighted by molar-refractivity contribution is 5.52. The van der Waals surface area contributed by atoms with Gasteiger partial charge in [0.05, 0.1) is 23.8 Å². The van der Waals surface area contributed by atoms with Crippen LogP contribution >= 0.6 is 0 Å². The zero-order valence-corrected chi connectivity index (χ0v) is 13.1. The van der Waals surface area contributed by atoms with Crippen molar-refractivity contribution >= 4 is 5.69 Å². The number of aromatic nitrogens is 2. The van der Waals surface area contributed by atoms with Crippen LogP contribution in [0.2, 0.25) is 0 Å². The Hall–Kier alpha value is -1.81. The molecule has 1 aliphatic heterocycles. The van der Waals surface area contributed by atoms with Crippen molar-refractivity contribution in [1.29, 1.82) is 0 Å². The molecule has 4 heteroatoms. The third-order valence-corrected chi connectivity index (χ3v) is 4.50. The largest absolute Gasteiger partial charge is 0.372 e. The van der Waals surface area contributed by atoms with Gasteiger partial charge in [0.25, 0.3) is 0 Å². The first kappa shape index (κ1) is 14.1. The van der Waals surface area contributed by atoms with Crippen molar-refractivity contribution in [3.8, 4) is 5.69 Å².